The van der Waals surface area contributed by atoms with E-state index in [9.17, 15) is 9.59 Å². The number of aryl methyl sites for hydroxylation is 1. The maximum Gasteiger partial charge on any atom is 0.408 e. The fraction of sp³-hybridized carbons (Fsp3) is 0.195. The number of para-hydroxylation sites is 2. The third-order valence-electron chi connectivity index (χ3n) is 8.16. The molecule has 0 radical (unpaired) electrons. The maximum absolute atomic E-state index is 14.4. The normalized spacial score (nSPS) is 12.3. The van der Waals surface area contributed by atoms with Crippen LogP contribution in [0.25, 0.3) is 16.7 Å². The number of amides is 2. The molecular weight excluding hydrogens is 612 g/mol. The number of hydrogen-bond donors (Lipinski definition) is 2. The van der Waals surface area contributed by atoms with E-state index in [2.05, 4.69) is 10.8 Å². The largest absolute Gasteiger partial charge is 0.444 e. The van der Waals surface area contributed by atoms with Gasteiger partial charge in [-0.3, -0.25) is 14.2 Å². The number of carbonyl (C=O) groups is 2. The van der Waals surface area contributed by atoms with Crippen molar-refractivity contribution in [2.24, 2.45) is 0 Å². The van der Waals surface area contributed by atoms with Gasteiger partial charge in [0.15, 0.2) is 5.60 Å². The summed E-state index contributed by atoms with van der Waals surface area (Å²) in [6.45, 7) is 7.35. The van der Waals surface area contributed by atoms with Crippen LogP contribution in [0.2, 0.25) is 0 Å². The minimum atomic E-state index is -1.22. The van der Waals surface area contributed by atoms with Gasteiger partial charge in [0, 0.05) is 12.1 Å². The van der Waals surface area contributed by atoms with Crippen LogP contribution in [0.3, 0.4) is 0 Å². The average molecular weight is 653 g/mol. The molecule has 1 atom stereocenters. The highest BCUT2D eigenvalue weighted by molar-refractivity contribution is 5.86. The van der Waals surface area contributed by atoms with E-state index < -0.39 is 29.2 Å². The monoisotopic (exact) mass is 652 g/mol. The summed E-state index contributed by atoms with van der Waals surface area (Å²) in [6, 6.07) is 44.0. The highest BCUT2D eigenvalue weighted by atomic mass is 16.7. The highest BCUT2D eigenvalue weighted by Crippen LogP contribution is 2.39. The van der Waals surface area contributed by atoms with Gasteiger partial charge in [-0.15, -0.1) is 0 Å². The number of nitrogens with zero attached hydrogens (tertiary/aromatic N) is 2. The highest BCUT2D eigenvalue weighted by Gasteiger charge is 2.40. The van der Waals surface area contributed by atoms with Crippen LogP contribution in [0.1, 0.15) is 48.8 Å². The van der Waals surface area contributed by atoms with Crippen molar-refractivity contribution in [1.82, 2.24) is 20.3 Å². The summed E-state index contributed by atoms with van der Waals surface area (Å²) in [5, 5.41) is 2.80. The molecule has 1 unspecified atom stereocenters. The Kier molecular flexibility index (Phi) is 9.60. The van der Waals surface area contributed by atoms with Gasteiger partial charge < -0.3 is 10.1 Å². The standard InChI is InChI=1S/C41H40N4O4/c1-29-24-26-33(27-25-29)45-36-23-15-14-22-34(36)42-37(45)28-35(43-39(47)48-40(2,3)4)38(46)44-49-41(30-16-8-5-9-17-30,31-18-10-6-11-19-31)32-20-12-7-13-21-32/h5-27,35H,28H2,1-4H3,(H,43,47)(H,44,46). The Balaban J connectivity index is 1.40. The maximum atomic E-state index is 14.4. The summed E-state index contributed by atoms with van der Waals surface area (Å²) < 4.78 is 7.61. The number of carbonyl (C=O) groups excluding carboxylic acids is 2. The first-order chi connectivity index (χ1) is 23.6. The van der Waals surface area contributed by atoms with Gasteiger partial charge in [-0.05, 0) is 68.7 Å². The van der Waals surface area contributed by atoms with E-state index in [4.69, 9.17) is 14.6 Å². The number of fused-ring (bicyclic) bond motifs is 1. The number of rotatable bonds is 10. The molecule has 49 heavy (non-hydrogen) atoms. The van der Waals surface area contributed by atoms with Crippen molar-refractivity contribution in [3.63, 3.8) is 0 Å². The first-order valence-corrected chi connectivity index (χ1v) is 16.3. The molecule has 0 aliphatic carbocycles. The number of ether oxygens (including phenoxy) is 1. The number of imidazole rings is 1. The van der Waals surface area contributed by atoms with Crippen molar-refractivity contribution < 1.29 is 19.2 Å². The molecule has 248 valence electrons. The molecule has 2 N–H and O–H groups in total. The number of benzene rings is 5. The molecule has 8 heteroatoms. The molecule has 6 aromatic rings. The third-order valence-corrected chi connectivity index (χ3v) is 8.16. The van der Waals surface area contributed by atoms with Gasteiger partial charge in [-0.1, -0.05) is 121 Å². The van der Waals surface area contributed by atoms with Crippen LogP contribution >= 0.6 is 0 Å². The van der Waals surface area contributed by atoms with Crippen molar-refractivity contribution in [2.75, 3.05) is 0 Å². The fourth-order valence-electron chi connectivity index (χ4n) is 5.93. The zero-order valence-electron chi connectivity index (χ0n) is 28.1. The van der Waals surface area contributed by atoms with E-state index in [1.807, 2.05) is 151 Å². The SMILES string of the molecule is Cc1ccc(-n2c(CC(NC(=O)OC(C)(C)C)C(=O)NOC(c3ccccc3)(c3ccccc3)c3ccccc3)nc3ccccc32)cc1. The van der Waals surface area contributed by atoms with Gasteiger partial charge in [-0.2, -0.15) is 0 Å². The lowest BCUT2D eigenvalue weighted by Gasteiger charge is -2.35. The molecule has 1 heterocycles. The summed E-state index contributed by atoms with van der Waals surface area (Å²) in [7, 11) is 0. The van der Waals surface area contributed by atoms with Crippen LogP contribution in [-0.2, 0) is 26.4 Å². The minimum absolute atomic E-state index is 0.0476. The second-order valence-electron chi connectivity index (χ2n) is 12.9. The first-order valence-electron chi connectivity index (χ1n) is 16.3. The van der Waals surface area contributed by atoms with Crippen LogP contribution < -0.4 is 10.8 Å². The van der Waals surface area contributed by atoms with Crippen LogP contribution in [0.5, 0.6) is 0 Å². The van der Waals surface area contributed by atoms with E-state index in [0.29, 0.717) is 5.82 Å². The van der Waals surface area contributed by atoms with Gasteiger partial charge in [0.25, 0.3) is 5.91 Å². The van der Waals surface area contributed by atoms with Crippen molar-refractivity contribution >= 4 is 23.0 Å². The Hall–Kier alpha value is -5.73. The second kappa shape index (κ2) is 14.2. The lowest BCUT2D eigenvalue weighted by atomic mass is 9.80. The molecule has 0 aliphatic rings. The fourth-order valence-corrected chi connectivity index (χ4v) is 5.93. The summed E-state index contributed by atoms with van der Waals surface area (Å²) >= 11 is 0. The van der Waals surface area contributed by atoms with Gasteiger partial charge >= 0.3 is 6.09 Å². The summed E-state index contributed by atoms with van der Waals surface area (Å²) in [4.78, 5) is 39.1. The third kappa shape index (κ3) is 7.40. The van der Waals surface area contributed by atoms with Gasteiger partial charge in [0.05, 0.1) is 11.0 Å². The van der Waals surface area contributed by atoms with E-state index in [-0.39, 0.29) is 6.42 Å². The predicted molar refractivity (Wildman–Crippen MR) is 191 cm³/mol. The smallest absolute Gasteiger partial charge is 0.408 e. The molecule has 0 saturated heterocycles. The topological polar surface area (TPSA) is 94.5 Å². The molecule has 2 amide bonds. The number of alkyl carbamates (subject to hydrolysis) is 1. The van der Waals surface area contributed by atoms with E-state index in [1.54, 1.807) is 20.8 Å². The summed E-state index contributed by atoms with van der Waals surface area (Å²) in [6.07, 6.45) is -0.683. The van der Waals surface area contributed by atoms with E-state index in [0.717, 1.165) is 39.0 Å². The van der Waals surface area contributed by atoms with Crippen LogP contribution in [0.15, 0.2) is 140 Å². The Labute approximate surface area is 286 Å². The van der Waals surface area contributed by atoms with Crippen LogP contribution in [0.4, 0.5) is 4.79 Å². The zero-order valence-corrected chi connectivity index (χ0v) is 28.1. The van der Waals surface area contributed by atoms with Crippen molar-refractivity contribution in [2.45, 2.75) is 51.4 Å². The number of hydrogen-bond acceptors (Lipinski definition) is 5. The van der Waals surface area contributed by atoms with Gasteiger partial charge in [0.2, 0.25) is 0 Å². The molecule has 6 rings (SSSR count). The molecule has 1 aromatic heterocycles. The van der Waals surface area contributed by atoms with Crippen LogP contribution in [-0.4, -0.2) is 33.2 Å². The Bertz CT molecular complexity index is 1920. The molecule has 0 bridgehead atoms. The lowest BCUT2D eigenvalue weighted by Crippen LogP contribution is -2.51. The van der Waals surface area contributed by atoms with E-state index >= 15 is 0 Å². The first kappa shape index (κ1) is 33.2. The molecule has 0 aliphatic heterocycles. The van der Waals surface area contributed by atoms with Crippen molar-refractivity contribution in [1.29, 1.82) is 0 Å². The van der Waals surface area contributed by atoms with Crippen molar-refractivity contribution in [3.05, 3.63) is 168 Å². The minimum Gasteiger partial charge on any atom is -0.444 e. The second-order valence-corrected chi connectivity index (χ2v) is 12.9. The zero-order chi connectivity index (χ0) is 34.4. The Morgan fingerprint density at radius 2 is 1.22 bits per heavy atom. The molecule has 0 saturated carbocycles. The predicted octanol–water partition coefficient (Wildman–Crippen LogP) is 7.81. The average Bonchev–Trinajstić information content (AvgIpc) is 3.47. The van der Waals surface area contributed by atoms with E-state index in [1.165, 1.54) is 0 Å². The summed E-state index contributed by atoms with van der Waals surface area (Å²) in [5.41, 5.74) is 6.85. The van der Waals surface area contributed by atoms with Gasteiger partial charge in [-0.25, -0.2) is 15.3 Å². The Morgan fingerprint density at radius 3 is 1.76 bits per heavy atom. The Morgan fingerprint density at radius 1 is 0.714 bits per heavy atom. The molecule has 5 aromatic carbocycles. The number of nitrogens with one attached hydrogen (secondary N) is 2. The van der Waals surface area contributed by atoms with Gasteiger partial charge in [0.1, 0.15) is 17.5 Å². The molecular formula is C41H40N4O4. The molecule has 0 spiro atoms. The number of hydroxylamine groups is 1. The lowest BCUT2D eigenvalue weighted by molar-refractivity contribution is -0.145. The molecule has 8 nitrogen and oxygen atoms in total. The molecule has 0 fully saturated rings. The number of aromatic nitrogens is 2. The quantitative estimate of drug-likeness (QED) is 0.116. The summed E-state index contributed by atoms with van der Waals surface area (Å²) in [5.74, 6) is 0.0160. The van der Waals surface area contributed by atoms with Crippen LogP contribution in [0, 0.1) is 6.92 Å². The van der Waals surface area contributed by atoms with Crippen molar-refractivity contribution in [3.8, 4) is 5.69 Å².